The summed E-state index contributed by atoms with van der Waals surface area (Å²) in [6.07, 6.45) is 0.379. The highest BCUT2D eigenvalue weighted by molar-refractivity contribution is 5.90. The number of likely N-dealkylation sites (tertiary alicyclic amines) is 1. The third kappa shape index (κ3) is 4.52. The first kappa shape index (κ1) is 24.2. The zero-order valence-electron chi connectivity index (χ0n) is 20.9. The van der Waals surface area contributed by atoms with Gasteiger partial charge in [0, 0.05) is 49.4 Å². The summed E-state index contributed by atoms with van der Waals surface area (Å²) in [6, 6.07) is 20.8. The monoisotopic (exact) mass is 488 g/mol. The van der Waals surface area contributed by atoms with E-state index in [0.29, 0.717) is 36.1 Å². The summed E-state index contributed by atoms with van der Waals surface area (Å²) < 4.78 is 17.3. The minimum Gasteiger partial charge on any atom is -0.497 e. The molecule has 0 unspecified atom stereocenters. The molecule has 0 bridgehead atoms. The molecular weight excluding hydrogens is 456 g/mol. The second kappa shape index (κ2) is 10.2. The Morgan fingerprint density at radius 2 is 1.72 bits per heavy atom. The maximum Gasteiger partial charge on any atom is 0.235 e. The fraction of sp³-hybridized carbons (Fsp3) is 0.345. The maximum absolute atomic E-state index is 14.3. The summed E-state index contributed by atoms with van der Waals surface area (Å²) in [5.74, 6) is 2.22. The Bertz CT molecular complexity index is 1200. The Morgan fingerprint density at radius 3 is 2.31 bits per heavy atom. The molecule has 0 spiro atoms. The highest BCUT2D eigenvalue weighted by Crippen LogP contribution is 2.45. The van der Waals surface area contributed by atoms with E-state index in [0.717, 1.165) is 29.7 Å². The Hall–Kier alpha value is -3.55. The van der Waals surface area contributed by atoms with E-state index in [-0.39, 0.29) is 18.1 Å². The van der Waals surface area contributed by atoms with E-state index in [4.69, 9.17) is 14.2 Å². The maximum atomic E-state index is 14.3. The van der Waals surface area contributed by atoms with Crippen LogP contribution in [0.4, 0.5) is 0 Å². The van der Waals surface area contributed by atoms with E-state index in [1.165, 1.54) is 0 Å². The molecule has 1 N–H and O–H groups in total. The Balaban J connectivity index is 1.55. The fourth-order valence-electron chi connectivity index (χ4n) is 5.28. The van der Waals surface area contributed by atoms with Gasteiger partial charge in [0.2, 0.25) is 5.91 Å². The van der Waals surface area contributed by atoms with Gasteiger partial charge in [-0.2, -0.15) is 0 Å². The number of likely N-dealkylation sites (N-methyl/N-ethyl adjacent to an activating group) is 1. The lowest BCUT2D eigenvalue weighted by molar-refractivity contribution is -0.133. The number of fused-ring (bicyclic) bond motifs is 2. The van der Waals surface area contributed by atoms with Crippen molar-refractivity contribution in [2.75, 3.05) is 40.9 Å². The zero-order valence-corrected chi connectivity index (χ0v) is 20.9. The summed E-state index contributed by atoms with van der Waals surface area (Å²) in [4.78, 5) is 18.4. The molecule has 7 heteroatoms. The molecular formula is C29H32N2O5. The number of hydrogen-bond donors (Lipinski definition) is 1. The van der Waals surface area contributed by atoms with Crippen molar-refractivity contribution in [2.45, 2.75) is 24.5 Å². The number of aliphatic hydroxyl groups excluding tert-OH is 1. The molecule has 2 heterocycles. The average molecular weight is 489 g/mol. The lowest BCUT2D eigenvalue weighted by Gasteiger charge is -2.36. The molecule has 5 rings (SSSR count). The predicted octanol–water partition coefficient (Wildman–Crippen LogP) is 4.21. The third-order valence-corrected chi connectivity index (χ3v) is 7.22. The topological polar surface area (TPSA) is 71.5 Å². The minimum absolute atomic E-state index is 0.0270. The Labute approximate surface area is 211 Å². The quantitative estimate of drug-likeness (QED) is 0.537. The summed E-state index contributed by atoms with van der Waals surface area (Å²) in [5.41, 5.74) is 2.60. The Kier molecular flexibility index (Phi) is 6.85. The number of hydrogen-bond acceptors (Lipinski definition) is 6. The molecule has 0 saturated carbocycles. The SMILES string of the molecule is COc1ccc([C@@H](CN2CC[C@H](O)C2)N(C)C(=O)C2c3ccccc3Oc3ccccc32)c(OC)c1. The molecule has 0 aromatic heterocycles. The molecule has 7 nitrogen and oxygen atoms in total. The lowest BCUT2D eigenvalue weighted by atomic mass is 9.86. The van der Waals surface area contributed by atoms with E-state index in [2.05, 4.69) is 4.90 Å². The number of ether oxygens (including phenoxy) is 3. The molecule has 1 saturated heterocycles. The van der Waals surface area contributed by atoms with Gasteiger partial charge in [-0.15, -0.1) is 0 Å². The molecule has 2 aliphatic heterocycles. The fourth-order valence-corrected chi connectivity index (χ4v) is 5.28. The van der Waals surface area contributed by atoms with Gasteiger partial charge in [-0.3, -0.25) is 9.69 Å². The van der Waals surface area contributed by atoms with Gasteiger partial charge in [-0.25, -0.2) is 0 Å². The lowest BCUT2D eigenvalue weighted by Crippen LogP contribution is -2.41. The number of rotatable bonds is 7. The van der Waals surface area contributed by atoms with Crippen molar-refractivity contribution in [2.24, 2.45) is 0 Å². The van der Waals surface area contributed by atoms with Crippen LogP contribution in [0.1, 0.15) is 35.1 Å². The first-order valence-electron chi connectivity index (χ1n) is 12.2. The van der Waals surface area contributed by atoms with Gasteiger partial charge < -0.3 is 24.2 Å². The summed E-state index contributed by atoms with van der Waals surface area (Å²) in [6.45, 7) is 1.94. The van der Waals surface area contributed by atoms with Crippen LogP contribution in [0.3, 0.4) is 0 Å². The van der Waals surface area contributed by atoms with Crippen molar-refractivity contribution in [1.82, 2.24) is 9.80 Å². The van der Waals surface area contributed by atoms with Crippen LogP contribution in [0.2, 0.25) is 0 Å². The van der Waals surface area contributed by atoms with Crippen LogP contribution < -0.4 is 14.2 Å². The average Bonchev–Trinajstić information content (AvgIpc) is 3.33. The van der Waals surface area contributed by atoms with Crippen LogP contribution in [0.25, 0.3) is 0 Å². The highest BCUT2D eigenvalue weighted by atomic mass is 16.5. The zero-order chi connectivity index (χ0) is 25.2. The number of amides is 1. The largest absolute Gasteiger partial charge is 0.497 e. The number of aliphatic hydroxyl groups is 1. The van der Waals surface area contributed by atoms with Crippen molar-refractivity contribution in [3.63, 3.8) is 0 Å². The van der Waals surface area contributed by atoms with Crippen LogP contribution in [-0.2, 0) is 4.79 Å². The van der Waals surface area contributed by atoms with Crippen LogP contribution >= 0.6 is 0 Å². The molecule has 0 aliphatic carbocycles. The second-order valence-corrected chi connectivity index (χ2v) is 9.39. The normalized spacial score (nSPS) is 18.1. The van der Waals surface area contributed by atoms with Gasteiger partial charge in [0.15, 0.2) is 0 Å². The summed E-state index contributed by atoms with van der Waals surface area (Å²) in [5, 5.41) is 10.1. The molecule has 2 aliphatic rings. The van der Waals surface area contributed by atoms with Crippen LogP contribution in [-0.4, -0.2) is 67.8 Å². The van der Waals surface area contributed by atoms with Crippen molar-refractivity contribution < 1.29 is 24.1 Å². The number of para-hydroxylation sites is 2. The standard InChI is InChI=1S/C29H32N2O5/c1-30(29(33)28-22-8-4-6-10-25(22)36-26-11-7-5-9-23(26)28)24(18-31-15-14-19(32)17-31)21-13-12-20(34-2)16-27(21)35-3/h4-13,16,19,24,28,32H,14-15,17-18H2,1-3H3/t19-,24+/m0/s1. The van der Waals surface area contributed by atoms with E-state index < -0.39 is 5.92 Å². The number of nitrogens with zero attached hydrogens (tertiary/aromatic N) is 2. The molecule has 2 atom stereocenters. The van der Waals surface area contributed by atoms with Crippen LogP contribution in [0.5, 0.6) is 23.0 Å². The molecule has 1 fully saturated rings. The molecule has 0 radical (unpaired) electrons. The predicted molar refractivity (Wildman–Crippen MR) is 137 cm³/mol. The van der Waals surface area contributed by atoms with Crippen LogP contribution in [0.15, 0.2) is 66.7 Å². The number of benzene rings is 3. The number of carbonyl (C=O) groups excluding carboxylic acids is 1. The van der Waals surface area contributed by atoms with Gasteiger partial charge >= 0.3 is 0 Å². The van der Waals surface area contributed by atoms with E-state index >= 15 is 0 Å². The van der Waals surface area contributed by atoms with Crippen molar-refractivity contribution in [1.29, 1.82) is 0 Å². The second-order valence-electron chi connectivity index (χ2n) is 9.39. The van der Waals surface area contributed by atoms with Crippen molar-refractivity contribution >= 4 is 5.91 Å². The van der Waals surface area contributed by atoms with Gasteiger partial charge in [0.25, 0.3) is 0 Å². The molecule has 36 heavy (non-hydrogen) atoms. The third-order valence-electron chi connectivity index (χ3n) is 7.22. The van der Waals surface area contributed by atoms with Gasteiger partial charge in [-0.1, -0.05) is 36.4 Å². The molecule has 3 aromatic rings. The number of carbonyl (C=O) groups is 1. The number of methoxy groups -OCH3 is 2. The molecule has 188 valence electrons. The van der Waals surface area contributed by atoms with Crippen LogP contribution in [0, 0.1) is 0 Å². The minimum atomic E-state index is -0.493. The van der Waals surface area contributed by atoms with E-state index in [1.807, 2.05) is 78.7 Å². The first-order valence-corrected chi connectivity index (χ1v) is 12.2. The van der Waals surface area contributed by atoms with Gasteiger partial charge in [0.05, 0.1) is 32.3 Å². The first-order chi connectivity index (χ1) is 17.5. The van der Waals surface area contributed by atoms with E-state index in [1.54, 1.807) is 14.2 Å². The smallest absolute Gasteiger partial charge is 0.235 e. The van der Waals surface area contributed by atoms with Gasteiger partial charge in [0.1, 0.15) is 23.0 Å². The van der Waals surface area contributed by atoms with Gasteiger partial charge in [-0.05, 0) is 30.7 Å². The number of β-amino-alcohol motifs (C(OH)–C–C–N with tert-alkyl or cyclic N) is 1. The summed E-state index contributed by atoms with van der Waals surface area (Å²) >= 11 is 0. The Morgan fingerprint density at radius 1 is 1.06 bits per heavy atom. The highest BCUT2D eigenvalue weighted by Gasteiger charge is 2.38. The molecule has 3 aromatic carbocycles. The molecule has 1 amide bonds. The van der Waals surface area contributed by atoms with E-state index in [9.17, 15) is 9.90 Å². The summed E-state index contributed by atoms with van der Waals surface area (Å²) in [7, 11) is 5.10. The van der Waals surface area contributed by atoms with Crippen molar-refractivity contribution in [3.05, 3.63) is 83.4 Å². The van der Waals surface area contributed by atoms with Crippen molar-refractivity contribution in [3.8, 4) is 23.0 Å².